The summed E-state index contributed by atoms with van der Waals surface area (Å²) in [7, 11) is 0. The van der Waals surface area contributed by atoms with E-state index in [1.807, 2.05) is 24.3 Å². The number of aromatic amines is 1. The van der Waals surface area contributed by atoms with Gasteiger partial charge in [0.2, 0.25) is 6.08 Å². The molecule has 2 N–H and O–H groups in total. The lowest BCUT2D eigenvalue weighted by molar-refractivity contribution is -0.138. The van der Waals surface area contributed by atoms with Crippen LogP contribution < -0.4 is 0 Å². The molecule has 2 aromatic rings. The first kappa shape index (κ1) is 11.1. The lowest BCUT2D eigenvalue weighted by Crippen LogP contribution is -2.20. The Labute approximate surface area is 96.8 Å². The van der Waals surface area contributed by atoms with E-state index in [2.05, 4.69) is 9.98 Å². The Morgan fingerprint density at radius 1 is 1.47 bits per heavy atom. The quantitative estimate of drug-likeness (QED) is 0.616. The topological polar surface area (TPSA) is 82.5 Å². The van der Waals surface area contributed by atoms with Gasteiger partial charge in [0, 0.05) is 23.5 Å². The standard InChI is InChI=1S/C12H10N2O3/c15-7-14-11(12(16)17)5-8-6-13-10-4-2-1-3-9(8)10/h1-4,6,11,13H,5H2,(H,16,17)/t11-/m1/s1. The number of rotatable bonds is 4. The molecule has 0 saturated carbocycles. The number of nitrogens with zero attached hydrogens (tertiary/aromatic N) is 1. The van der Waals surface area contributed by atoms with Crippen LogP contribution in [0.2, 0.25) is 0 Å². The molecule has 0 fully saturated rings. The highest BCUT2D eigenvalue weighted by molar-refractivity contribution is 5.84. The average molecular weight is 230 g/mol. The van der Waals surface area contributed by atoms with Crippen LogP contribution in [0.4, 0.5) is 0 Å². The molecule has 0 bridgehead atoms. The third kappa shape index (κ3) is 2.24. The molecule has 86 valence electrons. The number of isocyanates is 1. The number of carbonyl (C=O) groups excluding carboxylic acids is 1. The van der Waals surface area contributed by atoms with Gasteiger partial charge < -0.3 is 10.1 Å². The number of carboxylic acid groups (broad SMARTS) is 1. The number of benzene rings is 1. The lowest BCUT2D eigenvalue weighted by Gasteiger charge is -2.03. The number of fused-ring (bicyclic) bond motifs is 1. The fraction of sp³-hybridized carbons (Fsp3) is 0.167. The van der Waals surface area contributed by atoms with E-state index in [4.69, 9.17) is 5.11 Å². The first-order chi connectivity index (χ1) is 8.22. The molecule has 0 aliphatic rings. The molecule has 1 aromatic carbocycles. The van der Waals surface area contributed by atoms with E-state index < -0.39 is 12.0 Å². The van der Waals surface area contributed by atoms with Gasteiger partial charge in [-0.25, -0.2) is 9.59 Å². The average Bonchev–Trinajstić information content (AvgIpc) is 2.72. The van der Waals surface area contributed by atoms with E-state index in [1.54, 1.807) is 6.20 Å². The molecule has 1 aromatic heterocycles. The molecule has 0 aliphatic heterocycles. The van der Waals surface area contributed by atoms with Crippen LogP contribution in [-0.2, 0) is 16.0 Å². The molecule has 1 heterocycles. The summed E-state index contributed by atoms with van der Waals surface area (Å²) in [5.74, 6) is -1.13. The largest absolute Gasteiger partial charge is 0.480 e. The van der Waals surface area contributed by atoms with Gasteiger partial charge in [0.25, 0.3) is 0 Å². The van der Waals surface area contributed by atoms with Crippen molar-refractivity contribution in [1.29, 1.82) is 0 Å². The Morgan fingerprint density at radius 3 is 2.94 bits per heavy atom. The molecule has 0 saturated heterocycles. The molecule has 0 amide bonds. The number of aromatic nitrogens is 1. The van der Waals surface area contributed by atoms with Crippen LogP contribution in [0.15, 0.2) is 35.5 Å². The molecule has 0 aliphatic carbocycles. The van der Waals surface area contributed by atoms with E-state index >= 15 is 0 Å². The van der Waals surface area contributed by atoms with Crippen molar-refractivity contribution in [2.75, 3.05) is 0 Å². The Bertz CT molecular complexity index is 595. The highest BCUT2D eigenvalue weighted by atomic mass is 16.4. The number of hydrogen-bond acceptors (Lipinski definition) is 3. The number of para-hydroxylation sites is 1. The number of nitrogens with one attached hydrogen (secondary N) is 1. The lowest BCUT2D eigenvalue weighted by atomic mass is 10.1. The van der Waals surface area contributed by atoms with Crippen LogP contribution in [0, 0.1) is 0 Å². The van der Waals surface area contributed by atoms with Crippen molar-refractivity contribution in [3.63, 3.8) is 0 Å². The van der Waals surface area contributed by atoms with Crippen LogP contribution in [0.25, 0.3) is 10.9 Å². The third-order valence-electron chi connectivity index (χ3n) is 2.58. The first-order valence-corrected chi connectivity index (χ1v) is 5.07. The van der Waals surface area contributed by atoms with E-state index in [1.165, 1.54) is 6.08 Å². The number of hydrogen-bond donors (Lipinski definition) is 2. The monoisotopic (exact) mass is 230 g/mol. The van der Waals surface area contributed by atoms with Crippen molar-refractivity contribution in [3.8, 4) is 0 Å². The number of carbonyl (C=O) groups is 1. The molecule has 0 spiro atoms. The smallest absolute Gasteiger partial charge is 0.329 e. The van der Waals surface area contributed by atoms with E-state index in [9.17, 15) is 9.59 Å². The van der Waals surface area contributed by atoms with Gasteiger partial charge in [-0.3, -0.25) is 0 Å². The van der Waals surface area contributed by atoms with E-state index in [0.29, 0.717) is 0 Å². The maximum absolute atomic E-state index is 10.9. The normalized spacial score (nSPS) is 12.0. The molecular formula is C12H10N2O3. The molecule has 2 rings (SSSR count). The van der Waals surface area contributed by atoms with Crippen molar-refractivity contribution < 1.29 is 14.7 Å². The summed E-state index contributed by atoms with van der Waals surface area (Å²) in [5.41, 5.74) is 1.76. The summed E-state index contributed by atoms with van der Waals surface area (Å²) in [6.45, 7) is 0. The van der Waals surface area contributed by atoms with Gasteiger partial charge in [-0.1, -0.05) is 18.2 Å². The summed E-state index contributed by atoms with van der Waals surface area (Å²) >= 11 is 0. The molecule has 17 heavy (non-hydrogen) atoms. The van der Waals surface area contributed by atoms with Gasteiger partial charge in [-0.05, 0) is 11.6 Å². The van der Waals surface area contributed by atoms with Gasteiger partial charge in [0.05, 0.1) is 0 Å². The van der Waals surface area contributed by atoms with Crippen LogP contribution >= 0.6 is 0 Å². The van der Waals surface area contributed by atoms with Crippen molar-refractivity contribution in [1.82, 2.24) is 4.98 Å². The highest BCUT2D eigenvalue weighted by Gasteiger charge is 2.18. The highest BCUT2D eigenvalue weighted by Crippen LogP contribution is 2.19. The fourth-order valence-electron chi connectivity index (χ4n) is 1.76. The Kier molecular flexibility index (Phi) is 3.03. The van der Waals surface area contributed by atoms with Crippen LogP contribution in [-0.4, -0.2) is 28.2 Å². The summed E-state index contributed by atoms with van der Waals surface area (Å²) in [6.07, 6.45) is 3.21. The van der Waals surface area contributed by atoms with Crippen molar-refractivity contribution in [3.05, 3.63) is 36.0 Å². The fourth-order valence-corrected chi connectivity index (χ4v) is 1.76. The molecular weight excluding hydrogens is 220 g/mol. The molecule has 5 heteroatoms. The predicted molar refractivity (Wildman–Crippen MR) is 61.5 cm³/mol. The van der Waals surface area contributed by atoms with Crippen LogP contribution in [0.1, 0.15) is 5.56 Å². The van der Waals surface area contributed by atoms with Gasteiger partial charge >= 0.3 is 5.97 Å². The minimum atomic E-state index is -1.13. The summed E-state index contributed by atoms with van der Waals surface area (Å²) < 4.78 is 0. The Morgan fingerprint density at radius 2 is 2.24 bits per heavy atom. The summed E-state index contributed by atoms with van der Waals surface area (Å²) in [4.78, 5) is 27.3. The molecule has 0 unspecified atom stereocenters. The number of aliphatic carboxylic acids is 1. The van der Waals surface area contributed by atoms with Crippen molar-refractivity contribution >= 4 is 23.0 Å². The van der Waals surface area contributed by atoms with Crippen molar-refractivity contribution in [2.24, 2.45) is 4.99 Å². The summed E-state index contributed by atoms with van der Waals surface area (Å²) in [5, 5.41) is 9.84. The number of aliphatic imine (C=N–C) groups is 1. The van der Waals surface area contributed by atoms with E-state index in [-0.39, 0.29) is 6.42 Å². The van der Waals surface area contributed by atoms with Gasteiger partial charge in [-0.15, -0.1) is 0 Å². The molecule has 1 atom stereocenters. The first-order valence-electron chi connectivity index (χ1n) is 5.07. The molecule has 0 radical (unpaired) electrons. The van der Waals surface area contributed by atoms with Crippen LogP contribution in [0.5, 0.6) is 0 Å². The summed E-state index contributed by atoms with van der Waals surface area (Å²) in [6, 6.07) is 6.48. The van der Waals surface area contributed by atoms with Gasteiger partial charge in [-0.2, -0.15) is 4.99 Å². The zero-order chi connectivity index (χ0) is 12.3. The van der Waals surface area contributed by atoms with Gasteiger partial charge in [0.15, 0.2) is 6.04 Å². The number of carboxylic acids is 1. The zero-order valence-electron chi connectivity index (χ0n) is 8.88. The Balaban J connectivity index is 2.34. The second-order valence-electron chi connectivity index (χ2n) is 3.64. The third-order valence-corrected chi connectivity index (χ3v) is 2.58. The van der Waals surface area contributed by atoms with Crippen molar-refractivity contribution in [2.45, 2.75) is 12.5 Å². The minimum Gasteiger partial charge on any atom is -0.480 e. The number of H-pyrrole nitrogens is 1. The maximum atomic E-state index is 10.9. The second kappa shape index (κ2) is 4.63. The molecule has 5 nitrogen and oxygen atoms in total. The predicted octanol–water partition coefficient (Wildman–Crippen LogP) is 1.50. The zero-order valence-corrected chi connectivity index (χ0v) is 8.88. The van der Waals surface area contributed by atoms with Crippen LogP contribution in [0.3, 0.4) is 0 Å². The SMILES string of the molecule is O=C=N[C@H](Cc1c[nH]c2ccccc12)C(=O)O. The second-order valence-corrected chi connectivity index (χ2v) is 3.64. The maximum Gasteiger partial charge on any atom is 0.329 e. The minimum absolute atomic E-state index is 0.175. The Hall–Kier alpha value is -2.39. The van der Waals surface area contributed by atoms with Gasteiger partial charge in [0.1, 0.15) is 0 Å². The van der Waals surface area contributed by atoms with E-state index in [0.717, 1.165) is 16.5 Å².